The lowest BCUT2D eigenvalue weighted by molar-refractivity contribution is -0.116. The van der Waals surface area contributed by atoms with Gasteiger partial charge in [-0.25, -0.2) is 0 Å². The minimum Gasteiger partial charge on any atom is -0.461 e. The van der Waals surface area contributed by atoms with Gasteiger partial charge in [-0.3, -0.25) is 4.79 Å². The van der Waals surface area contributed by atoms with E-state index in [4.69, 9.17) is 8.83 Å². The molecule has 0 N–H and O–H groups in total. The van der Waals surface area contributed by atoms with Gasteiger partial charge in [-0.15, -0.1) is 0 Å². The van der Waals surface area contributed by atoms with E-state index in [-0.39, 0.29) is 5.78 Å². The van der Waals surface area contributed by atoms with Crippen LogP contribution in [-0.2, 0) is 11.2 Å². The van der Waals surface area contributed by atoms with Crippen LogP contribution in [0.15, 0.2) is 45.2 Å². The molecule has 3 heteroatoms. The van der Waals surface area contributed by atoms with Crippen molar-refractivity contribution in [2.24, 2.45) is 0 Å². The quantitative estimate of drug-likeness (QED) is 0.530. The topological polar surface area (TPSA) is 43.4 Å². The van der Waals surface area contributed by atoms with Gasteiger partial charge in [0.05, 0.1) is 11.8 Å². The number of benzene rings is 2. The summed E-state index contributed by atoms with van der Waals surface area (Å²) in [6.45, 7) is 3.50. The van der Waals surface area contributed by atoms with Crippen LogP contribution >= 0.6 is 0 Å². The zero-order valence-corrected chi connectivity index (χ0v) is 11.9. The third-order valence-electron chi connectivity index (χ3n) is 3.77. The van der Waals surface area contributed by atoms with Crippen LogP contribution < -0.4 is 0 Å². The Morgan fingerprint density at radius 2 is 1.67 bits per heavy atom. The number of aryl methyl sites for hydroxylation is 1. The van der Waals surface area contributed by atoms with Crippen molar-refractivity contribution in [3.05, 3.63) is 47.9 Å². The summed E-state index contributed by atoms with van der Waals surface area (Å²) >= 11 is 0. The van der Waals surface area contributed by atoms with Gasteiger partial charge in [-0.1, -0.05) is 24.3 Å². The predicted molar refractivity (Wildman–Crippen MR) is 82.6 cm³/mol. The molecule has 0 aliphatic carbocycles. The number of hydrogen-bond donors (Lipinski definition) is 0. The molecule has 4 aromatic rings. The first-order valence-electron chi connectivity index (χ1n) is 6.96. The first kappa shape index (κ1) is 12.2. The molecule has 0 saturated heterocycles. The van der Waals surface area contributed by atoms with Crippen molar-refractivity contribution in [3.8, 4) is 0 Å². The van der Waals surface area contributed by atoms with Crippen LogP contribution in [0.1, 0.15) is 18.4 Å². The molecular weight excluding hydrogens is 264 g/mol. The molecule has 3 nitrogen and oxygen atoms in total. The zero-order chi connectivity index (χ0) is 14.6. The third-order valence-corrected chi connectivity index (χ3v) is 3.77. The minimum absolute atomic E-state index is 0.0954. The lowest BCUT2D eigenvalue weighted by Gasteiger charge is -2.00. The predicted octanol–water partition coefficient (Wildman–Crippen LogP) is 4.77. The monoisotopic (exact) mass is 278 g/mol. The third kappa shape index (κ3) is 1.77. The summed E-state index contributed by atoms with van der Waals surface area (Å²) in [5.41, 5.74) is 1.65. The van der Waals surface area contributed by atoms with Crippen molar-refractivity contribution in [2.75, 3.05) is 0 Å². The summed E-state index contributed by atoms with van der Waals surface area (Å²) in [4.78, 5) is 11.3. The SMILES string of the molecule is CC(=O)Cc1cc2c3ccccc3c3oc(C)cc3c2o1. The lowest BCUT2D eigenvalue weighted by Crippen LogP contribution is -1.93. The number of hydrogen-bond acceptors (Lipinski definition) is 3. The van der Waals surface area contributed by atoms with E-state index in [0.29, 0.717) is 12.2 Å². The maximum atomic E-state index is 11.3. The molecular formula is C18H14O3. The van der Waals surface area contributed by atoms with E-state index in [1.807, 2.05) is 31.2 Å². The van der Waals surface area contributed by atoms with Crippen LogP contribution in [0.25, 0.3) is 32.7 Å². The van der Waals surface area contributed by atoms with Crippen LogP contribution in [0.4, 0.5) is 0 Å². The van der Waals surface area contributed by atoms with E-state index in [2.05, 4.69) is 12.1 Å². The van der Waals surface area contributed by atoms with Crippen molar-refractivity contribution in [3.63, 3.8) is 0 Å². The maximum absolute atomic E-state index is 11.3. The molecule has 2 heterocycles. The van der Waals surface area contributed by atoms with Crippen molar-refractivity contribution in [1.82, 2.24) is 0 Å². The molecule has 0 saturated carbocycles. The molecule has 0 aliphatic heterocycles. The van der Waals surface area contributed by atoms with Gasteiger partial charge in [-0.2, -0.15) is 0 Å². The number of fused-ring (bicyclic) bond motifs is 6. The Balaban J connectivity index is 2.20. The van der Waals surface area contributed by atoms with Gasteiger partial charge in [0.25, 0.3) is 0 Å². The van der Waals surface area contributed by atoms with Crippen molar-refractivity contribution < 1.29 is 13.6 Å². The Labute approximate surface area is 121 Å². The first-order chi connectivity index (χ1) is 10.1. The van der Waals surface area contributed by atoms with Crippen LogP contribution in [0, 0.1) is 6.92 Å². The second-order valence-corrected chi connectivity index (χ2v) is 5.48. The fraction of sp³-hybridized carbons (Fsp3) is 0.167. The van der Waals surface area contributed by atoms with E-state index in [1.54, 1.807) is 6.92 Å². The second-order valence-electron chi connectivity index (χ2n) is 5.48. The fourth-order valence-corrected chi connectivity index (χ4v) is 2.97. The van der Waals surface area contributed by atoms with Gasteiger partial charge in [0, 0.05) is 10.8 Å². The normalized spacial score (nSPS) is 11.7. The summed E-state index contributed by atoms with van der Waals surface area (Å²) in [6, 6.07) is 12.1. The molecule has 0 atom stereocenters. The highest BCUT2D eigenvalue weighted by Gasteiger charge is 2.16. The standard InChI is InChI=1S/C18H14O3/c1-10(19)7-12-9-15-13-5-3-4-6-14(13)17-16(18(15)21-12)8-11(2)20-17/h3-6,8-9H,7H2,1-2H3. The molecule has 104 valence electrons. The number of carbonyl (C=O) groups is 1. The molecule has 0 amide bonds. The number of ketones is 1. The Kier molecular flexibility index (Phi) is 2.45. The molecule has 0 aliphatic rings. The van der Waals surface area contributed by atoms with E-state index < -0.39 is 0 Å². The highest BCUT2D eigenvalue weighted by molar-refractivity contribution is 6.22. The number of rotatable bonds is 2. The van der Waals surface area contributed by atoms with E-state index in [1.165, 1.54) is 0 Å². The number of Topliss-reactive ketones (excluding diaryl/α,β-unsaturated/α-hetero) is 1. The second kappa shape index (κ2) is 4.22. The van der Waals surface area contributed by atoms with Gasteiger partial charge >= 0.3 is 0 Å². The largest absolute Gasteiger partial charge is 0.461 e. The highest BCUT2D eigenvalue weighted by atomic mass is 16.3. The molecule has 0 spiro atoms. The highest BCUT2D eigenvalue weighted by Crippen LogP contribution is 2.38. The summed E-state index contributed by atoms with van der Waals surface area (Å²) in [6.07, 6.45) is 0.321. The van der Waals surface area contributed by atoms with Crippen LogP contribution in [-0.4, -0.2) is 5.78 Å². The molecule has 0 fully saturated rings. The van der Waals surface area contributed by atoms with Crippen LogP contribution in [0.3, 0.4) is 0 Å². The van der Waals surface area contributed by atoms with E-state index >= 15 is 0 Å². The van der Waals surface area contributed by atoms with E-state index in [9.17, 15) is 4.79 Å². The van der Waals surface area contributed by atoms with Crippen molar-refractivity contribution in [1.29, 1.82) is 0 Å². The van der Waals surface area contributed by atoms with Gasteiger partial charge in [-0.05, 0) is 31.4 Å². The van der Waals surface area contributed by atoms with Gasteiger partial charge in [0.1, 0.15) is 28.5 Å². The van der Waals surface area contributed by atoms with Crippen molar-refractivity contribution >= 4 is 38.5 Å². The fourth-order valence-electron chi connectivity index (χ4n) is 2.97. The molecule has 0 radical (unpaired) electrons. The maximum Gasteiger partial charge on any atom is 0.146 e. The lowest BCUT2D eigenvalue weighted by atomic mass is 10.0. The molecule has 2 aromatic carbocycles. The Morgan fingerprint density at radius 1 is 0.952 bits per heavy atom. The average Bonchev–Trinajstić information content (AvgIpc) is 3.01. The summed E-state index contributed by atoms with van der Waals surface area (Å²) < 4.78 is 11.8. The molecule has 2 aromatic heterocycles. The van der Waals surface area contributed by atoms with E-state index in [0.717, 1.165) is 38.5 Å². The van der Waals surface area contributed by atoms with Gasteiger partial charge in [0.15, 0.2) is 0 Å². The van der Waals surface area contributed by atoms with Crippen LogP contribution in [0.2, 0.25) is 0 Å². The molecule has 4 rings (SSSR count). The smallest absolute Gasteiger partial charge is 0.146 e. The molecule has 21 heavy (non-hydrogen) atoms. The summed E-state index contributed by atoms with van der Waals surface area (Å²) in [5, 5.41) is 4.17. The number of carbonyl (C=O) groups excluding carboxylic acids is 1. The molecule has 0 bridgehead atoms. The Morgan fingerprint density at radius 3 is 2.43 bits per heavy atom. The van der Waals surface area contributed by atoms with Crippen LogP contribution in [0.5, 0.6) is 0 Å². The van der Waals surface area contributed by atoms with Gasteiger partial charge in [0.2, 0.25) is 0 Å². The van der Waals surface area contributed by atoms with Crippen molar-refractivity contribution in [2.45, 2.75) is 20.3 Å². The minimum atomic E-state index is 0.0954. The Bertz CT molecular complexity index is 1000. The summed E-state index contributed by atoms with van der Waals surface area (Å²) in [5.74, 6) is 1.65. The van der Waals surface area contributed by atoms with Gasteiger partial charge < -0.3 is 8.83 Å². The average molecular weight is 278 g/mol. The Hall–Kier alpha value is -2.55. The first-order valence-corrected chi connectivity index (χ1v) is 6.96. The summed E-state index contributed by atoms with van der Waals surface area (Å²) in [7, 11) is 0. The number of furan rings is 2. The zero-order valence-electron chi connectivity index (χ0n) is 11.9. The molecule has 0 unspecified atom stereocenters.